The van der Waals surface area contributed by atoms with Crippen LogP contribution in [-0.2, 0) is 5.41 Å². The fraction of sp³-hybridized carbons (Fsp3) is 0.700. The van der Waals surface area contributed by atoms with Crippen molar-refractivity contribution in [3.05, 3.63) is 29.8 Å². The summed E-state index contributed by atoms with van der Waals surface area (Å²) in [5.41, 5.74) is 1.59. The van der Waals surface area contributed by atoms with E-state index in [1.54, 1.807) is 0 Å². The van der Waals surface area contributed by atoms with E-state index in [9.17, 15) is 0 Å². The number of hydrogen-bond acceptors (Lipinski definition) is 2. The Morgan fingerprint density at radius 2 is 1.50 bits per heavy atom. The van der Waals surface area contributed by atoms with E-state index in [4.69, 9.17) is 4.74 Å². The zero-order valence-corrected chi connectivity index (χ0v) is 15.5. The molecule has 0 aliphatic rings. The van der Waals surface area contributed by atoms with Crippen LogP contribution in [0.5, 0.6) is 5.75 Å². The molecule has 126 valence electrons. The molecule has 0 bridgehead atoms. The van der Waals surface area contributed by atoms with Gasteiger partial charge in [0.2, 0.25) is 0 Å². The molecule has 0 unspecified atom stereocenters. The van der Waals surface area contributed by atoms with Crippen LogP contribution in [0.15, 0.2) is 24.3 Å². The highest BCUT2D eigenvalue weighted by Gasteiger charge is 2.24. The minimum absolute atomic E-state index is 0.206. The molecule has 0 saturated heterocycles. The first-order chi connectivity index (χ1) is 10.4. The zero-order valence-electron chi connectivity index (χ0n) is 15.5. The van der Waals surface area contributed by atoms with Crippen LogP contribution in [-0.4, -0.2) is 31.1 Å². The van der Waals surface area contributed by atoms with Crippen LogP contribution in [0.4, 0.5) is 0 Å². The summed E-state index contributed by atoms with van der Waals surface area (Å²) >= 11 is 0. The molecule has 1 aromatic carbocycles. The van der Waals surface area contributed by atoms with Crippen LogP contribution in [0.25, 0.3) is 0 Å². The van der Waals surface area contributed by atoms with Crippen molar-refractivity contribution in [1.82, 2.24) is 4.90 Å². The largest absolute Gasteiger partial charge is 0.492 e. The molecule has 0 atom stereocenters. The minimum atomic E-state index is 0.206. The first-order valence-corrected chi connectivity index (χ1v) is 8.87. The lowest BCUT2D eigenvalue weighted by Crippen LogP contribution is -2.30. The molecule has 1 aromatic rings. The third-order valence-electron chi connectivity index (χ3n) is 4.80. The van der Waals surface area contributed by atoms with Crippen molar-refractivity contribution in [2.75, 3.05) is 26.2 Å². The summed E-state index contributed by atoms with van der Waals surface area (Å²) in [5, 5.41) is 0. The smallest absolute Gasteiger partial charge is 0.119 e. The van der Waals surface area contributed by atoms with Gasteiger partial charge in [-0.25, -0.2) is 0 Å². The van der Waals surface area contributed by atoms with Crippen molar-refractivity contribution in [1.29, 1.82) is 0 Å². The van der Waals surface area contributed by atoms with E-state index >= 15 is 0 Å². The Labute approximate surface area is 137 Å². The van der Waals surface area contributed by atoms with Gasteiger partial charge < -0.3 is 4.74 Å². The summed E-state index contributed by atoms with van der Waals surface area (Å²) < 4.78 is 5.92. The van der Waals surface area contributed by atoms with Crippen molar-refractivity contribution in [2.45, 2.75) is 59.8 Å². The number of rotatable bonds is 10. The Hall–Kier alpha value is -1.02. The summed E-state index contributed by atoms with van der Waals surface area (Å²) in [5.74, 6) is 1.60. The highest BCUT2D eigenvalue weighted by atomic mass is 16.5. The lowest BCUT2D eigenvalue weighted by molar-refractivity contribution is 0.209. The molecule has 0 radical (unpaired) electrons. The molecule has 0 amide bonds. The summed E-state index contributed by atoms with van der Waals surface area (Å²) in [6, 6.07) is 8.66. The quantitative estimate of drug-likeness (QED) is 0.595. The molecular weight excluding hydrogens is 270 g/mol. The molecule has 0 N–H and O–H groups in total. The summed E-state index contributed by atoms with van der Waals surface area (Å²) in [4.78, 5) is 2.48. The number of nitrogens with zero attached hydrogens (tertiary/aromatic N) is 1. The zero-order chi connectivity index (χ0) is 16.6. The van der Waals surface area contributed by atoms with Gasteiger partial charge >= 0.3 is 0 Å². The second kappa shape index (κ2) is 9.19. The molecule has 0 spiro atoms. The maximum atomic E-state index is 5.92. The van der Waals surface area contributed by atoms with Gasteiger partial charge in [0.25, 0.3) is 0 Å². The third-order valence-corrected chi connectivity index (χ3v) is 4.80. The molecule has 0 heterocycles. The van der Waals surface area contributed by atoms with E-state index in [0.29, 0.717) is 5.92 Å². The normalized spacial score (nSPS) is 12.2. The van der Waals surface area contributed by atoms with Crippen molar-refractivity contribution >= 4 is 0 Å². The van der Waals surface area contributed by atoms with Gasteiger partial charge in [0.1, 0.15) is 12.4 Å². The topological polar surface area (TPSA) is 12.5 Å². The van der Waals surface area contributed by atoms with Gasteiger partial charge in [-0.2, -0.15) is 0 Å². The fourth-order valence-corrected chi connectivity index (χ4v) is 2.57. The average Bonchev–Trinajstić information content (AvgIpc) is 2.48. The van der Waals surface area contributed by atoms with Gasteiger partial charge in [-0.05, 0) is 55.0 Å². The van der Waals surface area contributed by atoms with E-state index in [-0.39, 0.29) is 5.41 Å². The monoisotopic (exact) mass is 305 g/mol. The number of hydrogen-bond donors (Lipinski definition) is 0. The van der Waals surface area contributed by atoms with Gasteiger partial charge in [0.05, 0.1) is 0 Å². The van der Waals surface area contributed by atoms with Gasteiger partial charge in [0, 0.05) is 6.54 Å². The summed E-state index contributed by atoms with van der Waals surface area (Å²) in [7, 11) is 0. The SMILES string of the molecule is CCCN(CCC)CCOc1ccc(C(C)(C)C(C)C)cc1. The molecule has 0 saturated carbocycles. The predicted octanol–water partition coefficient (Wildman–Crippen LogP) is 5.12. The van der Waals surface area contributed by atoms with Crippen molar-refractivity contribution in [2.24, 2.45) is 5.92 Å². The molecular formula is C20H35NO. The Balaban J connectivity index is 2.51. The Morgan fingerprint density at radius 1 is 0.955 bits per heavy atom. The predicted molar refractivity (Wildman–Crippen MR) is 96.8 cm³/mol. The van der Waals surface area contributed by atoms with E-state index in [1.807, 2.05) is 0 Å². The summed E-state index contributed by atoms with van der Waals surface area (Å²) in [6.45, 7) is 17.8. The second-order valence-corrected chi connectivity index (χ2v) is 7.09. The fourth-order valence-electron chi connectivity index (χ4n) is 2.57. The number of ether oxygens (including phenoxy) is 1. The lowest BCUT2D eigenvalue weighted by atomic mass is 9.75. The molecule has 0 aliphatic heterocycles. The number of benzene rings is 1. The van der Waals surface area contributed by atoms with Crippen molar-refractivity contribution in [3.8, 4) is 5.75 Å². The van der Waals surface area contributed by atoms with Crippen molar-refractivity contribution in [3.63, 3.8) is 0 Å². The van der Waals surface area contributed by atoms with Gasteiger partial charge in [0.15, 0.2) is 0 Å². The molecule has 1 rings (SSSR count). The van der Waals surface area contributed by atoms with Crippen LogP contribution in [0.3, 0.4) is 0 Å². The average molecular weight is 306 g/mol. The Bertz CT molecular complexity index is 402. The van der Waals surface area contributed by atoms with Crippen molar-refractivity contribution < 1.29 is 4.74 Å². The first-order valence-electron chi connectivity index (χ1n) is 8.87. The van der Waals surface area contributed by atoms with Gasteiger partial charge in [-0.3, -0.25) is 4.90 Å². The lowest BCUT2D eigenvalue weighted by Gasteiger charge is -2.30. The Morgan fingerprint density at radius 3 is 1.95 bits per heavy atom. The molecule has 0 fully saturated rings. The highest BCUT2D eigenvalue weighted by Crippen LogP contribution is 2.32. The minimum Gasteiger partial charge on any atom is -0.492 e. The maximum absolute atomic E-state index is 5.92. The van der Waals surface area contributed by atoms with E-state index in [2.05, 4.69) is 70.7 Å². The van der Waals surface area contributed by atoms with Gasteiger partial charge in [-0.1, -0.05) is 53.7 Å². The molecule has 0 aromatic heterocycles. The standard InChI is InChI=1S/C20H35NO/c1-7-13-21(14-8-2)15-16-22-19-11-9-18(10-12-19)20(5,6)17(3)4/h9-12,17H,7-8,13-16H2,1-6H3. The summed E-state index contributed by atoms with van der Waals surface area (Å²) in [6.07, 6.45) is 2.41. The van der Waals surface area contributed by atoms with Gasteiger partial charge in [-0.15, -0.1) is 0 Å². The Kier molecular flexibility index (Phi) is 7.95. The molecule has 0 aliphatic carbocycles. The van der Waals surface area contributed by atoms with Crippen LogP contribution >= 0.6 is 0 Å². The molecule has 2 heteroatoms. The van der Waals surface area contributed by atoms with Crippen LogP contribution in [0.1, 0.15) is 59.9 Å². The van der Waals surface area contributed by atoms with E-state index in [1.165, 1.54) is 31.5 Å². The van der Waals surface area contributed by atoms with E-state index in [0.717, 1.165) is 18.9 Å². The van der Waals surface area contributed by atoms with Crippen LogP contribution < -0.4 is 4.74 Å². The van der Waals surface area contributed by atoms with Crippen LogP contribution in [0.2, 0.25) is 0 Å². The van der Waals surface area contributed by atoms with E-state index < -0.39 is 0 Å². The molecule has 2 nitrogen and oxygen atoms in total. The highest BCUT2D eigenvalue weighted by molar-refractivity contribution is 5.31. The third kappa shape index (κ3) is 5.64. The van der Waals surface area contributed by atoms with Crippen LogP contribution in [0, 0.1) is 5.92 Å². The first kappa shape index (κ1) is 19.0. The second-order valence-electron chi connectivity index (χ2n) is 7.09. The maximum Gasteiger partial charge on any atom is 0.119 e. The molecule has 22 heavy (non-hydrogen) atoms.